The number of hydrogen-bond acceptors (Lipinski definition) is 4. The minimum atomic E-state index is -0.720. The maximum Gasteiger partial charge on any atom is 0.258 e. The highest BCUT2D eigenvalue weighted by molar-refractivity contribution is 5.98. The smallest absolute Gasteiger partial charge is 0.258 e. The fourth-order valence-electron chi connectivity index (χ4n) is 5.75. The number of nitrogens with one attached hydrogen (secondary N) is 2. The molecule has 0 aromatic heterocycles. The number of amides is 2. The largest absolute Gasteiger partial charge is 0.497 e. The molecule has 3 aliphatic carbocycles. The van der Waals surface area contributed by atoms with Crippen molar-refractivity contribution in [2.24, 2.45) is 17.3 Å². The molecule has 4 atom stereocenters. The first-order valence-electron chi connectivity index (χ1n) is 10.9. The Morgan fingerprint density at radius 1 is 1.26 bits per heavy atom. The van der Waals surface area contributed by atoms with Gasteiger partial charge < -0.3 is 20.1 Å². The highest BCUT2D eigenvalue weighted by Gasteiger charge is 2.61. The molecule has 162 valence electrons. The summed E-state index contributed by atoms with van der Waals surface area (Å²) in [5, 5.41) is 6.29. The Kier molecular flexibility index (Phi) is 4.68. The van der Waals surface area contributed by atoms with E-state index in [-0.39, 0.29) is 29.1 Å². The molecule has 2 amide bonds. The molecular formula is C25H28N2O4. The number of methoxy groups -OCH3 is 1. The van der Waals surface area contributed by atoms with Gasteiger partial charge >= 0.3 is 0 Å². The van der Waals surface area contributed by atoms with Crippen LogP contribution in [0.3, 0.4) is 0 Å². The van der Waals surface area contributed by atoms with Crippen molar-refractivity contribution in [2.45, 2.75) is 44.9 Å². The van der Waals surface area contributed by atoms with E-state index in [4.69, 9.17) is 9.47 Å². The molecule has 0 saturated heterocycles. The van der Waals surface area contributed by atoms with Gasteiger partial charge in [0.05, 0.1) is 12.7 Å². The number of carbonyl (C=O) groups is 2. The molecule has 6 rings (SSSR count). The lowest BCUT2D eigenvalue weighted by atomic mass is 9.52. The van der Waals surface area contributed by atoms with Gasteiger partial charge in [-0.05, 0) is 54.5 Å². The fraction of sp³-hybridized carbons (Fsp3) is 0.440. The lowest BCUT2D eigenvalue weighted by Gasteiger charge is -2.59. The second-order valence-electron chi connectivity index (χ2n) is 9.37. The molecule has 1 heterocycles. The number of carbonyl (C=O) groups excluding carboxylic acids is 2. The summed E-state index contributed by atoms with van der Waals surface area (Å²) < 4.78 is 11.7. The summed E-state index contributed by atoms with van der Waals surface area (Å²) in [6, 6.07) is 15.1. The van der Waals surface area contributed by atoms with Gasteiger partial charge in [-0.3, -0.25) is 9.59 Å². The van der Waals surface area contributed by atoms with E-state index >= 15 is 0 Å². The quantitative estimate of drug-likeness (QED) is 0.792. The van der Waals surface area contributed by atoms with Gasteiger partial charge in [-0.2, -0.15) is 0 Å². The summed E-state index contributed by atoms with van der Waals surface area (Å²) in [6.45, 7) is 2.63. The molecule has 1 spiro atoms. The van der Waals surface area contributed by atoms with Crippen molar-refractivity contribution in [1.82, 2.24) is 10.6 Å². The van der Waals surface area contributed by atoms with Gasteiger partial charge in [-0.15, -0.1) is 0 Å². The first kappa shape index (κ1) is 19.9. The maximum absolute atomic E-state index is 13.2. The van der Waals surface area contributed by atoms with Gasteiger partial charge in [0.2, 0.25) is 5.91 Å². The van der Waals surface area contributed by atoms with Crippen LogP contribution in [0.25, 0.3) is 0 Å². The van der Waals surface area contributed by atoms with Gasteiger partial charge in [0.15, 0.2) is 5.72 Å². The second kappa shape index (κ2) is 7.29. The molecule has 31 heavy (non-hydrogen) atoms. The molecule has 0 radical (unpaired) electrons. The predicted molar refractivity (Wildman–Crippen MR) is 116 cm³/mol. The highest BCUT2D eigenvalue weighted by Crippen LogP contribution is 2.58. The van der Waals surface area contributed by atoms with Crippen LogP contribution >= 0.6 is 0 Å². The van der Waals surface area contributed by atoms with Crippen LogP contribution in [-0.4, -0.2) is 24.6 Å². The van der Waals surface area contributed by atoms with Crippen molar-refractivity contribution in [3.63, 3.8) is 0 Å². The van der Waals surface area contributed by atoms with Crippen LogP contribution in [0.4, 0.5) is 0 Å². The average molecular weight is 421 g/mol. The van der Waals surface area contributed by atoms with Gasteiger partial charge in [-0.1, -0.05) is 31.2 Å². The van der Waals surface area contributed by atoms with E-state index in [0.29, 0.717) is 30.7 Å². The number of fused-ring (bicyclic) bond motifs is 3. The van der Waals surface area contributed by atoms with Crippen LogP contribution in [0.1, 0.15) is 48.5 Å². The van der Waals surface area contributed by atoms with Crippen molar-refractivity contribution in [3.05, 3.63) is 59.7 Å². The molecule has 2 aromatic carbocycles. The Hall–Kier alpha value is -3.02. The first-order chi connectivity index (χ1) is 14.9. The highest BCUT2D eigenvalue weighted by atomic mass is 16.5. The summed E-state index contributed by atoms with van der Waals surface area (Å²) in [4.78, 5) is 26.0. The molecular weight excluding hydrogens is 392 g/mol. The molecule has 2 bridgehead atoms. The normalized spacial score (nSPS) is 30.8. The van der Waals surface area contributed by atoms with Gasteiger partial charge in [0.25, 0.3) is 5.91 Å². The third kappa shape index (κ3) is 3.34. The molecule has 6 nitrogen and oxygen atoms in total. The Bertz CT molecular complexity index is 1040. The van der Waals surface area contributed by atoms with E-state index in [2.05, 4.69) is 17.6 Å². The minimum Gasteiger partial charge on any atom is -0.497 e. The third-order valence-corrected chi connectivity index (χ3v) is 7.42. The average Bonchev–Trinajstić information content (AvgIpc) is 2.77. The lowest BCUT2D eigenvalue weighted by Crippen LogP contribution is -2.69. The standard InChI is InChI=1S/C25H28N2O4/c1-24-11-10-17(25(15-24)27-22(28)19-8-3-4-9-21(19)31-25)13-20(24)23(29)26-14-16-6-5-7-18(12-16)30-2/h3-9,12,17,20H,10-11,13-15H2,1-2H3,(H,26,29)(H,27,28)/t17-,20+,24-,25-/m0/s1. The molecule has 3 fully saturated rings. The summed E-state index contributed by atoms with van der Waals surface area (Å²) in [5.41, 5.74) is 0.636. The van der Waals surface area contributed by atoms with Crippen LogP contribution in [0, 0.1) is 17.3 Å². The van der Waals surface area contributed by atoms with E-state index in [1.807, 2.05) is 42.5 Å². The Balaban J connectivity index is 1.32. The van der Waals surface area contributed by atoms with Crippen LogP contribution in [0.5, 0.6) is 11.5 Å². The van der Waals surface area contributed by atoms with Crippen LogP contribution in [-0.2, 0) is 11.3 Å². The summed E-state index contributed by atoms with van der Waals surface area (Å²) in [7, 11) is 1.64. The Morgan fingerprint density at radius 2 is 2.10 bits per heavy atom. The molecule has 4 aliphatic rings. The number of benzene rings is 2. The predicted octanol–water partition coefficient (Wildman–Crippen LogP) is 3.66. The third-order valence-electron chi connectivity index (χ3n) is 7.42. The van der Waals surface area contributed by atoms with Crippen LogP contribution < -0.4 is 20.1 Å². The second-order valence-corrected chi connectivity index (χ2v) is 9.37. The molecule has 6 heteroatoms. The Labute approximate surface area is 182 Å². The molecule has 1 aliphatic heterocycles. The van der Waals surface area contributed by atoms with Gasteiger partial charge in [-0.25, -0.2) is 0 Å². The van der Waals surface area contributed by atoms with E-state index in [1.54, 1.807) is 13.2 Å². The van der Waals surface area contributed by atoms with Crippen molar-refractivity contribution in [2.75, 3.05) is 7.11 Å². The zero-order valence-electron chi connectivity index (χ0n) is 17.9. The summed E-state index contributed by atoms with van der Waals surface area (Å²) >= 11 is 0. The number of para-hydroxylation sites is 1. The minimum absolute atomic E-state index is 0.0763. The topological polar surface area (TPSA) is 76.7 Å². The monoisotopic (exact) mass is 420 g/mol. The van der Waals surface area contributed by atoms with Crippen molar-refractivity contribution >= 4 is 11.8 Å². The zero-order chi connectivity index (χ0) is 21.6. The van der Waals surface area contributed by atoms with E-state index in [1.165, 1.54) is 0 Å². The zero-order valence-corrected chi connectivity index (χ0v) is 17.9. The number of rotatable bonds is 4. The summed E-state index contributed by atoms with van der Waals surface area (Å²) in [6.07, 6.45) is 3.25. The van der Waals surface area contributed by atoms with E-state index in [9.17, 15) is 9.59 Å². The molecule has 2 aromatic rings. The summed E-state index contributed by atoms with van der Waals surface area (Å²) in [5.74, 6) is 1.42. The Morgan fingerprint density at radius 3 is 2.90 bits per heavy atom. The molecule has 3 saturated carbocycles. The lowest BCUT2D eigenvalue weighted by molar-refractivity contribution is -0.167. The maximum atomic E-state index is 13.2. The van der Waals surface area contributed by atoms with Crippen LogP contribution in [0.2, 0.25) is 0 Å². The first-order valence-corrected chi connectivity index (χ1v) is 10.9. The molecule has 0 unspecified atom stereocenters. The SMILES string of the molecule is COc1cccc(CNC(=O)[C@H]2C[C@@H]3CC[C@@]2(C)C[C@@]32NC(=O)c3ccccc3O2)c1. The van der Waals surface area contributed by atoms with Crippen molar-refractivity contribution in [3.8, 4) is 11.5 Å². The van der Waals surface area contributed by atoms with E-state index < -0.39 is 5.72 Å². The van der Waals surface area contributed by atoms with Crippen molar-refractivity contribution < 1.29 is 19.1 Å². The van der Waals surface area contributed by atoms with Crippen LogP contribution in [0.15, 0.2) is 48.5 Å². The van der Waals surface area contributed by atoms with Gasteiger partial charge in [0.1, 0.15) is 11.5 Å². The van der Waals surface area contributed by atoms with E-state index in [0.717, 1.165) is 24.2 Å². The van der Waals surface area contributed by atoms with Gasteiger partial charge in [0, 0.05) is 24.8 Å². The number of ether oxygens (including phenoxy) is 2. The number of hydrogen-bond donors (Lipinski definition) is 2. The molecule has 2 N–H and O–H groups in total. The van der Waals surface area contributed by atoms with Crippen molar-refractivity contribution in [1.29, 1.82) is 0 Å². The fourth-order valence-corrected chi connectivity index (χ4v) is 5.75.